The molecule has 0 saturated carbocycles. The van der Waals surface area contributed by atoms with Crippen LogP contribution in [0.15, 0.2) is 75.9 Å². The molecule has 37 heavy (non-hydrogen) atoms. The summed E-state index contributed by atoms with van der Waals surface area (Å²) in [4.78, 5) is 23.8. The third kappa shape index (κ3) is 6.41. The molecule has 0 bridgehead atoms. The van der Waals surface area contributed by atoms with E-state index in [1.807, 2.05) is 25.1 Å². The van der Waals surface area contributed by atoms with Gasteiger partial charge in [-0.15, -0.1) is 0 Å². The highest BCUT2D eigenvalue weighted by Crippen LogP contribution is 2.36. The molecule has 8 nitrogen and oxygen atoms in total. The Labute approximate surface area is 214 Å². The van der Waals surface area contributed by atoms with Crippen LogP contribution in [0, 0.1) is 0 Å². The van der Waals surface area contributed by atoms with Gasteiger partial charge in [0, 0.05) is 23.8 Å². The molecule has 0 saturated heterocycles. The largest absolute Gasteiger partial charge is 0.507 e. The fourth-order valence-electron chi connectivity index (χ4n) is 4.06. The number of ether oxygens (including phenoxy) is 3. The van der Waals surface area contributed by atoms with Crippen molar-refractivity contribution in [1.82, 2.24) is 0 Å². The maximum Gasteiger partial charge on any atom is 0.255 e. The third-order valence-electron chi connectivity index (χ3n) is 5.86. The van der Waals surface area contributed by atoms with Gasteiger partial charge in [-0.05, 0) is 49.9 Å². The lowest BCUT2D eigenvalue weighted by Gasteiger charge is -2.18. The number of nitrogens with two attached hydrogens (primary N) is 1. The van der Waals surface area contributed by atoms with E-state index in [1.54, 1.807) is 25.3 Å². The minimum Gasteiger partial charge on any atom is -0.507 e. The summed E-state index contributed by atoms with van der Waals surface area (Å²) < 4.78 is 22.9. The molecule has 0 aliphatic carbocycles. The average Bonchev–Trinajstić information content (AvgIpc) is 2.87. The first-order valence-electron chi connectivity index (χ1n) is 11.9. The number of primary amides is 1. The van der Waals surface area contributed by atoms with Gasteiger partial charge in [-0.2, -0.15) is 0 Å². The molecule has 4 aromatic rings. The molecule has 3 N–H and O–H groups in total. The Balaban J connectivity index is 1.57. The van der Waals surface area contributed by atoms with Crippen LogP contribution < -0.4 is 25.4 Å². The zero-order valence-electron chi connectivity index (χ0n) is 20.7. The third-order valence-corrected chi connectivity index (χ3v) is 5.86. The first-order valence-corrected chi connectivity index (χ1v) is 11.9. The Hall–Kier alpha value is -4.46. The van der Waals surface area contributed by atoms with Gasteiger partial charge in [0.15, 0.2) is 23.5 Å². The van der Waals surface area contributed by atoms with E-state index < -0.39 is 11.3 Å². The van der Waals surface area contributed by atoms with Gasteiger partial charge in [0.05, 0.1) is 13.2 Å². The lowest BCUT2D eigenvalue weighted by molar-refractivity contribution is -0.119. The van der Waals surface area contributed by atoms with Crippen molar-refractivity contribution in [3.05, 3.63) is 82.5 Å². The van der Waals surface area contributed by atoms with Crippen LogP contribution in [0.1, 0.15) is 25.3 Å². The van der Waals surface area contributed by atoms with Crippen LogP contribution in [0.25, 0.3) is 22.3 Å². The molecular formula is C29H29NO7. The molecule has 0 spiro atoms. The second-order valence-electron chi connectivity index (χ2n) is 8.72. The number of amides is 1. The summed E-state index contributed by atoms with van der Waals surface area (Å²) in [5.41, 5.74) is 6.68. The smallest absolute Gasteiger partial charge is 0.255 e. The normalized spacial score (nSPS) is 11.7. The molecule has 1 atom stereocenters. The van der Waals surface area contributed by atoms with Crippen LogP contribution in [-0.2, 0) is 11.2 Å². The Kier molecular flexibility index (Phi) is 7.98. The molecule has 0 aliphatic rings. The number of benzene rings is 3. The lowest BCUT2D eigenvalue weighted by Crippen LogP contribution is -2.20. The van der Waals surface area contributed by atoms with Crippen LogP contribution in [0.2, 0.25) is 0 Å². The minimum atomic E-state index is -0.671. The minimum absolute atomic E-state index is 0.00667. The quantitative estimate of drug-likeness (QED) is 0.301. The molecule has 1 heterocycles. The summed E-state index contributed by atoms with van der Waals surface area (Å²) in [5, 5.41) is 10.3. The first-order chi connectivity index (χ1) is 17.8. The summed E-state index contributed by atoms with van der Waals surface area (Å²) >= 11 is 0. The highest BCUT2D eigenvalue weighted by Gasteiger charge is 2.16. The van der Waals surface area contributed by atoms with Gasteiger partial charge >= 0.3 is 0 Å². The lowest BCUT2D eigenvalue weighted by atomic mass is 10.1. The Bertz CT molecular complexity index is 1450. The predicted molar refractivity (Wildman–Crippen MR) is 140 cm³/mol. The van der Waals surface area contributed by atoms with Gasteiger partial charge in [0.1, 0.15) is 28.2 Å². The van der Waals surface area contributed by atoms with E-state index in [0.717, 1.165) is 19.3 Å². The number of phenols is 1. The van der Waals surface area contributed by atoms with Crippen LogP contribution in [0.4, 0.5) is 0 Å². The Morgan fingerprint density at radius 1 is 1.05 bits per heavy atom. The number of phenolic OH excluding ortho intramolecular Hbond substituents is 1. The Morgan fingerprint density at radius 3 is 2.57 bits per heavy atom. The summed E-state index contributed by atoms with van der Waals surface area (Å²) in [7, 11) is 1.56. The molecule has 1 unspecified atom stereocenters. The van der Waals surface area contributed by atoms with Gasteiger partial charge < -0.3 is 29.5 Å². The van der Waals surface area contributed by atoms with Crippen LogP contribution in [-0.4, -0.2) is 30.8 Å². The zero-order valence-corrected chi connectivity index (χ0v) is 20.7. The molecule has 3 aromatic carbocycles. The van der Waals surface area contributed by atoms with Crippen LogP contribution in [0.3, 0.4) is 0 Å². The van der Waals surface area contributed by atoms with Crippen LogP contribution >= 0.6 is 0 Å². The SMILES string of the molecule is COc1ccc(-c2cc(=O)c3c(O)cc(OCC(N)=O)cc3o2)cc1OC(C)CCCc1ccccc1. The number of carbonyl (C=O) groups excluding carboxylic acids is 1. The maximum atomic E-state index is 12.8. The van der Waals surface area contributed by atoms with E-state index in [9.17, 15) is 14.7 Å². The molecule has 0 fully saturated rings. The molecule has 4 rings (SSSR count). The van der Waals surface area contributed by atoms with Crippen molar-refractivity contribution in [2.75, 3.05) is 13.7 Å². The standard InChI is InChI=1S/C29H29NO7/c1-18(7-6-10-19-8-4-3-5-9-19)36-26-13-20(11-12-24(26)34-2)25-16-23(32)29-22(31)14-21(15-27(29)37-25)35-17-28(30)33/h3-5,8-9,11-16,18,31H,6-7,10,17H2,1-2H3,(H2,30,33). The fourth-order valence-corrected chi connectivity index (χ4v) is 4.06. The van der Waals surface area contributed by atoms with Gasteiger partial charge in [-0.1, -0.05) is 30.3 Å². The topological polar surface area (TPSA) is 121 Å². The zero-order chi connectivity index (χ0) is 26.4. The number of hydrogen-bond donors (Lipinski definition) is 2. The first kappa shape index (κ1) is 25.6. The second-order valence-corrected chi connectivity index (χ2v) is 8.72. The number of methoxy groups -OCH3 is 1. The van der Waals surface area contributed by atoms with Crippen molar-refractivity contribution in [1.29, 1.82) is 0 Å². The molecule has 1 aromatic heterocycles. The molecular weight excluding hydrogens is 474 g/mol. The summed E-state index contributed by atoms with van der Waals surface area (Å²) in [6, 6.07) is 19.5. The molecule has 192 valence electrons. The second kappa shape index (κ2) is 11.5. The number of rotatable bonds is 11. The molecule has 0 radical (unpaired) electrons. The highest BCUT2D eigenvalue weighted by atomic mass is 16.5. The van der Waals surface area contributed by atoms with E-state index in [0.29, 0.717) is 17.1 Å². The maximum absolute atomic E-state index is 12.8. The van der Waals surface area contributed by atoms with E-state index >= 15 is 0 Å². The molecule has 1 amide bonds. The molecule has 0 aliphatic heterocycles. The highest BCUT2D eigenvalue weighted by molar-refractivity contribution is 5.86. The fraction of sp³-hybridized carbons (Fsp3) is 0.241. The van der Waals surface area contributed by atoms with Gasteiger partial charge in [0.2, 0.25) is 0 Å². The summed E-state index contributed by atoms with van der Waals surface area (Å²) in [6.45, 7) is 1.63. The van der Waals surface area contributed by atoms with Crippen molar-refractivity contribution >= 4 is 16.9 Å². The summed E-state index contributed by atoms with van der Waals surface area (Å²) in [6.07, 6.45) is 2.71. The van der Waals surface area contributed by atoms with E-state index in [1.165, 1.54) is 23.8 Å². The number of aryl methyl sites for hydroxylation is 1. The average molecular weight is 504 g/mol. The van der Waals surface area contributed by atoms with Gasteiger partial charge in [-0.25, -0.2) is 0 Å². The van der Waals surface area contributed by atoms with E-state index in [4.69, 9.17) is 24.4 Å². The van der Waals surface area contributed by atoms with E-state index in [2.05, 4.69) is 12.1 Å². The molecule has 8 heteroatoms. The Morgan fingerprint density at radius 2 is 1.84 bits per heavy atom. The van der Waals surface area contributed by atoms with Crippen molar-refractivity contribution in [3.8, 4) is 34.3 Å². The number of fused-ring (bicyclic) bond motifs is 1. The van der Waals surface area contributed by atoms with Crippen molar-refractivity contribution < 1.29 is 28.5 Å². The monoisotopic (exact) mass is 503 g/mol. The van der Waals surface area contributed by atoms with Gasteiger partial charge in [0.25, 0.3) is 5.91 Å². The van der Waals surface area contributed by atoms with Crippen LogP contribution in [0.5, 0.6) is 23.0 Å². The number of aromatic hydroxyl groups is 1. The van der Waals surface area contributed by atoms with E-state index in [-0.39, 0.29) is 40.9 Å². The summed E-state index contributed by atoms with van der Waals surface area (Å²) in [5.74, 6) is 0.508. The van der Waals surface area contributed by atoms with Crippen molar-refractivity contribution in [2.45, 2.75) is 32.3 Å². The predicted octanol–water partition coefficient (Wildman–Crippen LogP) is 4.83. The van der Waals surface area contributed by atoms with Gasteiger partial charge in [-0.3, -0.25) is 9.59 Å². The number of carbonyl (C=O) groups is 1. The number of hydrogen-bond acceptors (Lipinski definition) is 7. The van der Waals surface area contributed by atoms with Crippen molar-refractivity contribution in [3.63, 3.8) is 0 Å². The van der Waals surface area contributed by atoms with Crippen molar-refractivity contribution in [2.24, 2.45) is 5.73 Å².